The lowest BCUT2D eigenvalue weighted by atomic mass is 9.66. The molecule has 0 aliphatic heterocycles. The molecule has 0 radical (unpaired) electrons. The zero-order valence-electron chi connectivity index (χ0n) is 26.4. The summed E-state index contributed by atoms with van der Waals surface area (Å²) in [7, 11) is 0. The van der Waals surface area contributed by atoms with Crippen LogP contribution < -0.4 is 0 Å². The molecule has 0 aromatic heterocycles. The van der Waals surface area contributed by atoms with E-state index in [9.17, 15) is 0 Å². The van der Waals surface area contributed by atoms with Crippen LogP contribution in [-0.2, 0) is 0 Å². The molecule has 2 saturated carbocycles. The number of hydrogen-bond donors (Lipinski definition) is 0. The lowest BCUT2D eigenvalue weighted by Gasteiger charge is -2.37. The van der Waals surface area contributed by atoms with Gasteiger partial charge in [-0.2, -0.15) is 0 Å². The highest BCUT2D eigenvalue weighted by Crippen LogP contribution is 2.58. The maximum Gasteiger partial charge on any atom is 0.00950 e. The summed E-state index contributed by atoms with van der Waals surface area (Å²) >= 11 is 0. The predicted molar refractivity (Wildman–Crippen MR) is 188 cm³/mol. The van der Waals surface area contributed by atoms with Crippen LogP contribution >= 0.6 is 0 Å². The van der Waals surface area contributed by atoms with Crippen molar-refractivity contribution in [1.29, 1.82) is 0 Å². The van der Waals surface area contributed by atoms with Crippen LogP contribution in [0, 0.1) is 17.8 Å². The monoisotopic (exact) mass is 574 g/mol. The molecule has 0 spiro atoms. The third-order valence-electron chi connectivity index (χ3n) is 11.7. The van der Waals surface area contributed by atoms with E-state index >= 15 is 0 Å². The molecule has 222 valence electrons. The Kier molecular flexibility index (Phi) is 7.63. The Morgan fingerprint density at radius 1 is 0.455 bits per heavy atom. The van der Waals surface area contributed by atoms with Crippen LogP contribution in [0.4, 0.5) is 0 Å². The van der Waals surface area contributed by atoms with E-state index in [4.69, 9.17) is 0 Å². The minimum absolute atomic E-state index is 0.472. The molecule has 0 saturated heterocycles. The highest BCUT2D eigenvalue weighted by Gasteiger charge is 2.43. The first kappa shape index (κ1) is 27.9. The molecule has 0 N–H and O–H groups in total. The van der Waals surface area contributed by atoms with Gasteiger partial charge in [-0.05, 0) is 87.9 Å². The van der Waals surface area contributed by atoms with Crippen molar-refractivity contribution in [2.75, 3.05) is 0 Å². The Balaban J connectivity index is 1.27. The average molecular weight is 575 g/mol. The van der Waals surface area contributed by atoms with Gasteiger partial charge in [0.25, 0.3) is 0 Å². The van der Waals surface area contributed by atoms with Gasteiger partial charge in [-0.15, -0.1) is 0 Å². The average Bonchev–Trinajstić information content (AvgIpc) is 3.69. The summed E-state index contributed by atoms with van der Waals surface area (Å²) in [5.41, 5.74) is 15.1. The van der Waals surface area contributed by atoms with Crippen molar-refractivity contribution in [1.82, 2.24) is 0 Å². The van der Waals surface area contributed by atoms with Gasteiger partial charge < -0.3 is 0 Å². The van der Waals surface area contributed by atoms with Gasteiger partial charge in [-0.3, -0.25) is 0 Å². The van der Waals surface area contributed by atoms with Crippen LogP contribution in [0.1, 0.15) is 105 Å². The molecule has 4 aromatic carbocycles. The van der Waals surface area contributed by atoms with Gasteiger partial charge in [0.1, 0.15) is 0 Å². The maximum atomic E-state index is 2.68. The molecule has 0 amide bonds. The van der Waals surface area contributed by atoms with Crippen LogP contribution in [0.5, 0.6) is 0 Å². The third kappa shape index (κ3) is 4.92. The lowest BCUT2D eigenvalue weighted by molar-refractivity contribution is 0.335. The fraction of sp³-hybridized carbons (Fsp3) is 0.364. The Morgan fingerprint density at radius 2 is 0.864 bits per heavy atom. The maximum absolute atomic E-state index is 2.68. The fourth-order valence-corrected chi connectivity index (χ4v) is 9.62. The minimum Gasteiger partial charge on any atom is -0.0622 e. The largest absolute Gasteiger partial charge is 0.0622 e. The first-order valence-electron chi connectivity index (χ1n) is 17.6. The van der Waals surface area contributed by atoms with Crippen molar-refractivity contribution in [2.45, 2.75) is 83.0 Å². The number of benzene rings is 4. The Hall–Kier alpha value is -3.64. The van der Waals surface area contributed by atoms with Gasteiger partial charge >= 0.3 is 0 Å². The summed E-state index contributed by atoms with van der Waals surface area (Å²) in [6.45, 7) is 2.62. The Bertz CT molecular complexity index is 1550. The van der Waals surface area contributed by atoms with Crippen molar-refractivity contribution in [3.63, 3.8) is 0 Å². The molecule has 2 atom stereocenters. The zero-order valence-corrected chi connectivity index (χ0v) is 26.4. The summed E-state index contributed by atoms with van der Waals surface area (Å²) in [6, 6.07) is 36.6. The second-order valence-electron chi connectivity index (χ2n) is 14.1. The molecule has 2 fully saturated rings. The van der Waals surface area contributed by atoms with Crippen molar-refractivity contribution in [3.8, 4) is 22.3 Å². The number of allylic oxidation sites excluding steroid dienone is 2. The van der Waals surface area contributed by atoms with Crippen molar-refractivity contribution >= 4 is 12.2 Å². The Morgan fingerprint density at radius 3 is 1.27 bits per heavy atom. The van der Waals surface area contributed by atoms with E-state index < -0.39 is 0 Å². The van der Waals surface area contributed by atoms with E-state index in [1.807, 2.05) is 0 Å². The summed E-state index contributed by atoms with van der Waals surface area (Å²) < 4.78 is 0. The predicted octanol–water partition coefficient (Wildman–Crippen LogP) is 12.5. The van der Waals surface area contributed by atoms with Gasteiger partial charge in [-0.25, -0.2) is 0 Å². The van der Waals surface area contributed by atoms with Crippen molar-refractivity contribution in [2.24, 2.45) is 17.8 Å². The van der Waals surface area contributed by atoms with E-state index in [1.165, 1.54) is 97.6 Å². The fourth-order valence-electron chi connectivity index (χ4n) is 9.62. The summed E-state index contributed by atoms with van der Waals surface area (Å²) in [5, 5.41) is 0. The normalized spacial score (nSPS) is 22.7. The van der Waals surface area contributed by atoms with Gasteiger partial charge in [0.15, 0.2) is 0 Å². The second kappa shape index (κ2) is 12.0. The van der Waals surface area contributed by atoms with Gasteiger partial charge in [0.05, 0.1) is 0 Å². The summed E-state index contributed by atoms with van der Waals surface area (Å²) in [5.74, 6) is 2.88. The minimum atomic E-state index is 0.472. The molecule has 2 unspecified atom stereocenters. The van der Waals surface area contributed by atoms with Gasteiger partial charge in [0.2, 0.25) is 0 Å². The topological polar surface area (TPSA) is 0 Å². The molecular weight excluding hydrogens is 528 g/mol. The molecule has 0 heteroatoms. The third-order valence-corrected chi connectivity index (χ3v) is 11.7. The number of fused-ring (bicyclic) bond motifs is 2. The molecule has 4 aliphatic carbocycles. The van der Waals surface area contributed by atoms with E-state index in [-0.39, 0.29) is 0 Å². The first-order valence-corrected chi connectivity index (χ1v) is 17.6. The molecule has 4 aliphatic rings. The van der Waals surface area contributed by atoms with E-state index in [1.54, 1.807) is 22.3 Å². The van der Waals surface area contributed by atoms with Crippen LogP contribution in [0.15, 0.2) is 108 Å². The van der Waals surface area contributed by atoms with E-state index in [0.717, 1.165) is 0 Å². The molecule has 0 nitrogen and oxygen atoms in total. The quantitative estimate of drug-likeness (QED) is 0.215. The Labute approximate surface area is 264 Å². The van der Waals surface area contributed by atoms with Crippen LogP contribution in [0.25, 0.3) is 34.4 Å². The molecule has 0 heterocycles. The standard InChI is InChI=1S/C44H46/c1-30(43-37-26-14-24-35(31-16-6-2-7-17-31)41(37)28-39(43)33-20-10-4-11-21-33)44-38-27-15-25-36(32-18-8-3-9-19-32)42(38)29-40(44)34-22-12-5-13-23-34/h2-3,6-9,14-19,24-30,33-34,43-44H,4-5,10-13,20-23H2,1H3. The lowest BCUT2D eigenvalue weighted by Crippen LogP contribution is -2.25. The summed E-state index contributed by atoms with van der Waals surface area (Å²) in [6.07, 6.45) is 19.1. The van der Waals surface area contributed by atoms with Gasteiger partial charge in [0, 0.05) is 11.8 Å². The molecule has 8 rings (SSSR count). The van der Waals surface area contributed by atoms with Crippen molar-refractivity contribution < 1.29 is 0 Å². The number of rotatable bonds is 6. The molecule has 0 bridgehead atoms. The van der Waals surface area contributed by atoms with Crippen LogP contribution in [-0.4, -0.2) is 0 Å². The van der Waals surface area contributed by atoms with E-state index in [0.29, 0.717) is 29.6 Å². The van der Waals surface area contributed by atoms with Gasteiger partial charge in [-0.1, -0.05) is 166 Å². The zero-order chi connectivity index (χ0) is 29.5. The highest BCUT2D eigenvalue weighted by molar-refractivity contribution is 5.84. The molecule has 4 aromatic rings. The van der Waals surface area contributed by atoms with Crippen molar-refractivity contribution in [3.05, 3.63) is 130 Å². The molecule has 44 heavy (non-hydrogen) atoms. The first-order chi connectivity index (χ1) is 21.8. The smallest absolute Gasteiger partial charge is 0.00950 e. The molecular formula is C44H46. The number of hydrogen-bond acceptors (Lipinski definition) is 0. The highest BCUT2D eigenvalue weighted by atomic mass is 14.5. The summed E-state index contributed by atoms with van der Waals surface area (Å²) in [4.78, 5) is 0. The SMILES string of the molecule is CC(C1C(C2CCCCC2)=Cc2c(-c3ccccc3)cccc21)C1C(C2CCCCC2)=Cc2c(-c3ccccc3)cccc21. The van der Waals surface area contributed by atoms with E-state index in [2.05, 4.69) is 116 Å². The second-order valence-corrected chi connectivity index (χ2v) is 14.1. The van der Waals surface area contributed by atoms with Crippen LogP contribution in [0.3, 0.4) is 0 Å². The van der Waals surface area contributed by atoms with Crippen LogP contribution in [0.2, 0.25) is 0 Å².